The Morgan fingerprint density at radius 1 is 1.72 bits per heavy atom. The standard InChI is InChI=1S/C11H15N3O4/c1-8-11(14(16)17)10(18-12-8)4-6-13-5-2-3-9(13)7-15/h4,6,9,15H,2-3,5,7H2,1H3/b6-4+/t9-/m1/s1. The van der Waals surface area contributed by atoms with E-state index in [0.29, 0.717) is 0 Å². The van der Waals surface area contributed by atoms with Gasteiger partial charge in [-0.2, -0.15) is 0 Å². The van der Waals surface area contributed by atoms with E-state index in [9.17, 15) is 10.1 Å². The van der Waals surface area contributed by atoms with Gasteiger partial charge in [0.05, 0.1) is 17.6 Å². The molecule has 1 N–H and O–H groups in total. The van der Waals surface area contributed by atoms with Gasteiger partial charge in [-0.05, 0) is 19.8 Å². The van der Waals surface area contributed by atoms with Crippen LogP contribution in [0, 0.1) is 17.0 Å². The molecule has 7 nitrogen and oxygen atoms in total. The summed E-state index contributed by atoms with van der Waals surface area (Å²) in [6, 6.07) is 0.0873. The van der Waals surface area contributed by atoms with Crippen molar-refractivity contribution in [1.29, 1.82) is 0 Å². The summed E-state index contributed by atoms with van der Waals surface area (Å²) in [6.45, 7) is 2.45. The summed E-state index contributed by atoms with van der Waals surface area (Å²) >= 11 is 0. The van der Waals surface area contributed by atoms with Crippen molar-refractivity contribution in [2.45, 2.75) is 25.8 Å². The first-order chi connectivity index (χ1) is 8.63. The van der Waals surface area contributed by atoms with E-state index in [1.165, 1.54) is 13.0 Å². The monoisotopic (exact) mass is 253 g/mol. The lowest BCUT2D eigenvalue weighted by molar-refractivity contribution is -0.386. The second kappa shape index (κ2) is 5.18. The Bertz CT molecular complexity index is 469. The largest absolute Gasteiger partial charge is 0.394 e. The first kappa shape index (κ1) is 12.6. The van der Waals surface area contributed by atoms with Crippen molar-refractivity contribution in [2.75, 3.05) is 13.2 Å². The average molecular weight is 253 g/mol. The summed E-state index contributed by atoms with van der Waals surface area (Å²) in [7, 11) is 0. The van der Waals surface area contributed by atoms with E-state index in [1.807, 2.05) is 4.90 Å². The third kappa shape index (κ3) is 2.35. The highest BCUT2D eigenvalue weighted by atomic mass is 16.6. The van der Waals surface area contributed by atoms with Crippen LogP contribution < -0.4 is 0 Å². The molecule has 1 atom stereocenters. The quantitative estimate of drug-likeness (QED) is 0.642. The van der Waals surface area contributed by atoms with E-state index in [1.54, 1.807) is 6.20 Å². The number of rotatable bonds is 4. The molecule has 1 aliphatic heterocycles. The molecule has 98 valence electrons. The minimum atomic E-state index is -0.501. The molecule has 1 aliphatic rings. The summed E-state index contributed by atoms with van der Waals surface area (Å²) in [6.07, 6.45) is 5.19. The van der Waals surface area contributed by atoms with Gasteiger partial charge in [-0.1, -0.05) is 5.16 Å². The molecule has 0 radical (unpaired) electrons. The summed E-state index contributed by atoms with van der Waals surface area (Å²) in [5.74, 6) is 0.140. The topological polar surface area (TPSA) is 92.6 Å². The summed E-state index contributed by atoms with van der Waals surface area (Å²) in [4.78, 5) is 12.3. The van der Waals surface area contributed by atoms with Crippen molar-refractivity contribution in [3.8, 4) is 0 Å². The first-order valence-corrected chi connectivity index (χ1v) is 5.79. The Balaban J connectivity index is 2.16. The molecule has 2 rings (SSSR count). The zero-order chi connectivity index (χ0) is 13.1. The zero-order valence-corrected chi connectivity index (χ0v) is 10.1. The minimum Gasteiger partial charge on any atom is -0.394 e. The molecular weight excluding hydrogens is 238 g/mol. The van der Waals surface area contributed by atoms with E-state index in [-0.39, 0.29) is 29.8 Å². The second-order valence-corrected chi connectivity index (χ2v) is 4.27. The van der Waals surface area contributed by atoms with Crippen molar-refractivity contribution in [2.24, 2.45) is 0 Å². The molecule has 0 amide bonds. The number of hydrogen-bond acceptors (Lipinski definition) is 6. The Kier molecular flexibility index (Phi) is 3.61. The van der Waals surface area contributed by atoms with Crippen molar-refractivity contribution >= 4 is 11.8 Å². The van der Waals surface area contributed by atoms with Gasteiger partial charge in [-0.3, -0.25) is 10.1 Å². The van der Waals surface area contributed by atoms with E-state index in [4.69, 9.17) is 9.63 Å². The number of aromatic nitrogens is 1. The minimum absolute atomic E-state index is 0.0852. The maximum absolute atomic E-state index is 10.8. The molecule has 0 spiro atoms. The Hall–Kier alpha value is -1.89. The molecule has 1 aromatic heterocycles. The van der Waals surface area contributed by atoms with Crippen LogP contribution in [-0.4, -0.2) is 39.3 Å². The lowest BCUT2D eigenvalue weighted by Gasteiger charge is -2.19. The van der Waals surface area contributed by atoms with Gasteiger partial charge in [0, 0.05) is 18.8 Å². The highest BCUT2D eigenvalue weighted by Gasteiger charge is 2.24. The number of nitro groups is 1. The molecule has 0 aliphatic carbocycles. The predicted octanol–water partition coefficient (Wildman–Crippen LogP) is 1.32. The molecule has 0 bridgehead atoms. The van der Waals surface area contributed by atoms with Crippen LogP contribution in [0.3, 0.4) is 0 Å². The second-order valence-electron chi connectivity index (χ2n) is 4.27. The van der Waals surface area contributed by atoms with Gasteiger partial charge in [0.25, 0.3) is 0 Å². The molecule has 1 aromatic rings. The van der Waals surface area contributed by atoms with Gasteiger partial charge in [-0.25, -0.2) is 0 Å². The number of likely N-dealkylation sites (tertiary alicyclic amines) is 1. The molecule has 7 heteroatoms. The smallest absolute Gasteiger partial charge is 0.338 e. The third-order valence-corrected chi connectivity index (χ3v) is 3.09. The molecular formula is C11H15N3O4. The van der Waals surface area contributed by atoms with E-state index in [0.717, 1.165) is 19.4 Å². The highest BCUT2D eigenvalue weighted by molar-refractivity contribution is 5.56. The predicted molar refractivity (Wildman–Crippen MR) is 63.7 cm³/mol. The lowest BCUT2D eigenvalue weighted by atomic mass is 10.2. The van der Waals surface area contributed by atoms with Crippen molar-refractivity contribution in [1.82, 2.24) is 10.1 Å². The van der Waals surface area contributed by atoms with Gasteiger partial charge >= 0.3 is 5.69 Å². The molecule has 0 aromatic carbocycles. The van der Waals surface area contributed by atoms with E-state index >= 15 is 0 Å². The van der Waals surface area contributed by atoms with Gasteiger partial charge in [0.2, 0.25) is 5.76 Å². The number of aliphatic hydroxyl groups is 1. The number of aliphatic hydroxyl groups excluding tert-OH is 1. The van der Waals surface area contributed by atoms with Crippen LogP contribution in [0.4, 0.5) is 5.69 Å². The Morgan fingerprint density at radius 2 is 2.50 bits per heavy atom. The van der Waals surface area contributed by atoms with Crippen LogP contribution in [0.1, 0.15) is 24.3 Å². The fourth-order valence-corrected chi connectivity index (χ4v) is 2.13. The van der Waals surface area contributed by atoms with Crippen molar-refractivity contribution in [3.05, 3.63) is 27.8 Å². The maximum Gasteiger partial charge on any atom is 0.338 e. The van der Waals surface area contributed by atoms with Gasteiger partial charge in [0.15, 0.2) is 5.69 Å². The molecule has 1 saturated heterocycles. The highest BCUT2D eigenvalue weighted by Crippen LogP contribution is 2.25. The van der Waals surface area contributed by atoms with Crippen LogP contribution in [0.25, 0.3) is 6.08 Å². The van der Waals surface area contributed by atoms with Crippen LogP contribution in [0.2, 0.25) is 0 Å². The Labute approximate surface area is 104 Å². The summed E-state index contributed by atoms with van der Waals surface area (Å²) in [5, 5.41) is 23.6. The fraction of sp³-hybridized carbons (Fsp3) is 0.545. The number of hydrogen-bond donors (Lipinski definition) is 1. The zero-order valence-electron chi connectivity index (χ0n) is 10.1. The summed E-state index contributed by atoms with van der Waals surface area (Å²) in [5.41, 5.74) is 0.158. The molecule has 0 unspecified atom stereocenters. The first-order valence-electron chi connectivity index (χ1n) is 5.79. The molecule has 0 saturated carbocycles. The Morgan fingerprint density at radius 3 is 3.17 bits per heavy atom. The third-order valence-electron chi connectivity index (χ3n) is 3.09. The van der Waals surface area contributed by atoms with Crippen LogP contribution in [0.5, 0.6) is 0 Å². The number of aryl methyl sites for hydroxylation is 1. The normalized spacial score (nSPS) is 19.9. The fourth-order valence-electron chi connectivity index (χ4n) is 2.13. The van der Waals surface area contributed by atoms with E-state index in [2.05, 4.69) is 5.16 Å². The van der Waals surface area contributed by atoms with E-state index < -0.39 is 4.92 Å². The summed E-state index contributed by atoms with van der Waals surface area (Å²) < 4.78 is 4.92. The van der Waals surface area contributed by atoms with Gasteiger partial charge in [0.1, 0.15) is 0 Å². The van der Waals surface area contributed by atoms with Gasteiger partial charge < -0.3 is 14.5 Å². The van der Waals surface area contributed by atoms with Crippen molar-refractivity contribution < 1.29 is 14.6 Å². The van der Waals surface area contributed by atoms with Crippen LogP contribution in [0.15, 0.2) is 10.7 Å². The number of nitrogens with zero attached hydrogens (tertiary/aromatic N) is 3. The average Bonchev–Trinajstić information content (AvgIpc) is 2.92. The SMILES string of the molecule is Cc1noc(/C=C/N2CCC[C@@H]2CO)c1[N+](=O)[O-]. The molecule has 18 heavy (non-hydrogen) atoms. The molecule has 1 fully saturated rings. The van der Waals surface area contributed by atoms with Gasteiger partial charge in [-0.15, -0.1) is 0 Å². The molecule has 2 heterocycles. The van der Waals surface area contributed by atoms with Crippen LogP contribution in [-0.2, 0) is 0 Å². The lowest BCUT2D eigenvalue weighted by Crippen LogP contribution is -2.26. The van der Waals surface area contributed by atoms with Crippen LogP contribution >= 0.6 is 0 Å². The maximum atomic E-state index is 10.8. The van der Waals surface area contributed by atoms with Crippen molar-refractivity contribution in [3.63, 3.8) is 0 Å².